The van der Waals surface area contributed by atoms with E-state index in [1.54, 1.807) is 11.3 Å². The number of rotatable bonds is 2. The number of hydrogen-bond donors (Lipinski definition) is 1. The summed E-state index contributed by atoms with van der Waals surface area (Å²) in [6, 6.07) is 8.79. The average Bonchev–Trinajstić information content (AvgIpc) is 2.70. The third-order valence-electron chi connectivity index (χ3n) is 3.00. The van der Waals surface area contributed by atoms with Gasteiger partial charge in [-0.3, -0.25) is 0 Å². The number of nitrogens with two attached hydrogens (primary N) is 1. The molecule has 0 radical (unpaired) electrons. The van der Waals surface area contributed by atoms with Crippen LogP contribution in [0.25, 0.3) is 10.4 Å². The van der Waals surface area contributed by atoms with Crippen molar-refractivity contribution in [2.45, 2.75) is 33.2 Å². The van der Waals surface area contributed by atoms with E-state index in [4.69, 9.17) is 5.73 Å². The SMILES string of the molecule is Cc1ccc(C)c(-c2cc(C(C)(C)N)cs2)c1. The van der Waals surface area contributed by atoms with Crippen molar-refractivity contribution in [1.29, 1.82) is 0 Å². The highest BCUT2D eigenvalue weighted by atomic mass is 32.1. The Bertz CT molecular complexity index is 532. The van der Waals surface area contributed by atoms with E-state index in [1.165, 1.54) is 27.1 Å². The lowest BCUT2D eigenvalue weighted by atomic mass is 9.97. The Labute approximate surface area is 107 Å². The second-order valence-electron chi connectivity index (χ2n) is 5.24. The fourth-order valence-electron chi connectivity index (χ4n) is 1.82. The van der Waals surface area contributed by atoms with Gasteiger partial charge in [-0.1, -0.05) is 23.8 Å². The molecule has 0 unspecified atom stereocenters. The van der Waals surface area contributed by atoms with E-state index in [-0.39, 0.29) is 5.54 Å². The predicted molar refractivity (Wildman–Crippen MR) is 76.4 cm³/mol. The van der Waals surface area contributed by atoms with Gasteiger partial charge in [0.1, 0.15) is 0 Å². The van der Waals surface area contributed by atoms with Crippen molar-refractivity contribution in [1.82, 2.24) is 0 Å². The van der Waals surface area contributed by atoms with Crippen LogP contribution in [0.3, 0.4) is 0 Å². The van der Waals surface area contributed by atoms with Crippen LogP contribution in [0.15, 0.2) is 29.6 Å². The lowest BCUT2D eigenvalue weighted by molar-refractivity contribution is 0.557. The van der Waals surface area contributed by atoms with Crippen molar-refractivity contribution >= 4 is 11.3 Å². The Morgan fingerprint density at radius 3 is 2.41 bits per heavy atom. The lowest BCUT2D eigenvalue weighted by Gasteiger charge is -2.16. The Morgan fingerprint density at radius 2 is 1.82 bits per heavy atom. The predicted octanol–water partition coefficient (Wildman–Crippen LogP) is 4.23. The van der Waals surface area contributed by atoms with Crippen LogP contribution < -0.4 is 5.73 Å². The van der Waals surface area contributed by atoms with Crippen molar-refractivity contribution in [3.05, 3.63) is 46.3 Å². The van der Waals surface area contributed by atoms with Crippen LogP contribution in [-0.4, -0.2) is 0 Å². The van der Waals surface area contributed by atoms with Crippen molar-refractivity contribution in [2.24, 2.45) is 5.73 Å². The Kier molecular flexibility index (Phi) is 3.11. The minimum absolute atomic E-state index is 0.257. The van der Waals surface area contributed by atoms with Gasteiger partial charge in [-0.25, -0.2) is 0 Å². The van der Waals surface area contributed by atoms with E-state index in [9.17, 15) is 0 Å². The summed E-state index contributed by atoms with van der Waals surface area (Å²) in [5.74, 6) is 0. The van der Waals surface area contributed by atoms with E-state index in [0.717, 1.165) is 0 Å². The number of aryl methyl sites for hydroxylation is 2. The standard InChI is InChI=1S/C15H19NS/c1-10-5-6-11(2)13(7-10)14-8-12(9-17-14)15(3,4)16/h5-9H,16H2,1-4H3. The van der Waals surface area contributed by atoms with Gasteiger partial charge in [0, 0.05) is 10.4 Å². The highest BCUT2D eigenvalue weighted by Crippen LogP contribution is 2.33. The van der Waals surface area contributed by atoms with E-state index in [0.29, 0.717) is 0 Å². The Hall–Kier alpha value is -1.12. The molecule has 1 nitrogen and oxygen atoms in total. The van der Waals surface area contributed by atoms with E-state index in [1.807, 2.05) is 13.8 Å². The molecule has 2 heteroatoms. The smallest absolute Gasteiger partial charge is 0.0360 e. The molecule has 0 saturated heterocycles. The molecule has 1 heterocycles. The zero-order chi connectivity index (χ0) is 12.6. The summed E-state index contributed by atoms with van der Waals surface area (Å²) in [6.45, 7) is 8.37. The molecule has 1 aromatic heterocycles. The molecule has 0 amide bonds. The molecule has 2 aromatic rings. The van der Waals surface area contributed by atoms with E-state index in [2.05, 4.69) is 43.5 Å². The Morgan fingerprint density at radius 1 is 1.12 bits per heavy atom. The van der Waals surface area contributed by atoms with E-state index < -0.39 is 0 Å². The van der Waals surface area contributed by atoms with Crippen molar-refractivity contribution < 1.29 is 0 Å². The van der Waals surface area contributed by atoms with Crippen LogP contribution in [-0.2, 0) is 5.54 Å². The van der Waals surface area contributed by atoms with Gasteiger partial charge in [-0.15, -0.1) is 11.3 Å². The first kappa shape index (κ1) is 12.3. The highest BCUT2D eigenvalue weighted by Gasteiger charge is 2.16. The summed E-state index contributed by atoms with van der Waals surface area (Å²) < 4.78 is 0. The summed E-state index contributed by atoms with van der Waals surface area (Å²) in [7, 11) is 0. The van der Waals surface area contributed by atoms with Crippen LogP contribution in [0.2, 0.25) is 0 Å². The monoisotopic (exact) mass is 245 g/mol. The summed E-state index contributed by atoms with van der Waals surface area (Å²) >= 11 is 1.77. The molecule has 0 saturated carbocycles. The molecule has 90 valence electrons. The van der Waals surface area contributed by atoms with Crippen LogP contribution in [0.4, 0.5) is 0 Å². The minimum atomic E-state index is -0.257. The second kappa shape index (κ2) is 4.28. The van der Waals surface area contributed by atoms with Gasteiger partial charge < -0.3 is 5.73 Å². The molecule has 0 aliphatic heterocycles. The molecular formula is C15H19NS. The Balaban J connectivity index is 2.47. The molecule has 2 N–H and O–H groups in total. The molecule has 0 atom stereocenters. The van der Waals surface area contributed by atoms with Crippen LogP contribution >= 0.6 is 11.3 Å². The summed E-state index contributed by atoms with van der Waals surface area (Å²) in [5, 5.41) is 2.16. The zero-order valence-electron chi connectivity index (χ0n) is 10.9. The molecule has 0 fully saturated rings. The van der Waals surface area contributed by atoms with Gasteiger partial charge in [0.05, 0.1) is 0 Å². The average molecular weight is 245 g/mol. The fourth-order valence-corrected chi connectivity index (χ4v) is 2.98. The van der Waals surface area contributed by atoms with Gasteiger partial charge in [0.15, 0.2) is 0 Å². The van der Waals surface area contributed by atoms with Gasteiger partial charge in [0.2, 0.25) is 0 Å². The third kappa shape index (κ3) is 2.59. The third-order valence-corrected chi connectivity index (χ3v) is 3.97. The van der Waals surface area contributed by atoms with Gasteiger partial charge in [-0.2, -0.15) is 0 Å². The zero-order valence-corrected chi connectivity index (χ0v) is 11.7. The first-order valence-corrected chi connectivity index (χ1v) is 6.71. The van der Waals surface area contributed by atoms with Crippen molar-refractivity contribution in [3.63, 3.8) is 0 Å². The van der Waals surface area contributed by atoms with Gasteiger partial charge >= 0.3 is 0 Å². The number of benzene rings is 1. The molecule has 17 heavy (non-hydrogen) atoms. The molecule has 0 aliphatic rings. The molecule has 2 rings (SSSR count). The topological polar surface area (TPSA) is 26.0 Å². The van der Waals surface area contributed by atoms with Crippen LogP contribution in [0.5, 0.6) is 0 Å². The highest BCUT2D eigenvalue weighted by molar-refractivity contribution is 7.13. The molecule has 0 aliphatic carbocycles. The first-order chi connectivity index (χ1) is 7.88. The summed E-state index contributed by atoms with van der Waals surface area (Å²) in [5.41, 5.74) is 11.0. The largest absolute Gasteiger partial charge is 0.322 e. The van der Waals surface area contributed by atoms with Crippen molar-refractivity contribution in [3.8, 4) is 10.4 Å². The summed E-state index contributed by atoms with van der Waals surface area (Å²) in [6.07, 6.45) is 0. The van der Waals surface area contributed by atoms with Crippen molar-refractivity contribution in [2.75, 3.05) is 0 Å². The minimum Gasteiger partial charge on any atom is -0.322 e. The van der Waals surface area contributed by atoms with Crippen LogP contribution in [0.1, 0.15) is 30.5 Å². The normalized spacial score (nSPS) is 11.8. The first-order valence-electron chi connectivity index (χ1n) is 5.83. The summed E-state index contributed by atoms with van der Waals surface area (Å²) in [4.78, 5) is 1.31. The maximum Gasteiger partial charge on any atom is 0.0360 e. The fraction of sp³-hybridized carbons (Fsp3) is 0.333. The number of hydrogen-bond acceptors (Lipinski definition) is 2. The maximum atomic E-state index is 6.12. The maximum absolute atomic E-state index is 6.12. The molecular weight excluding hydrogens is 226 g/mol. The number of thiophene rings is 1. The molecule has 0 bridgehead atoms. The van der Waals surface area contributed by atoms with E-state index >= 15 is 0 Å². The lowest BCUT2D eigenvalue weighted by Crippen LogP contribution is -2.27. The van der Waals surface area contributed by atoms with Gasteiger partial charge in [-0.05, 0) is 55.8 Å². The quantitative estimate of drug-likeness (QED) is 0.842. The van der Waals surface area contributed by atoms with Gasteiger partial charge in [0.25, 0.3) is 0 Å². The molecule has 0 spiro atoms. The second-order valence-corrected chi connectivity index (χ2v) is 6.15. The van der Waals surface area contributed by atoms with Crippen LogP contribution in [0, 0.1) is 13.8 Å². The molecule has 1 aromatic carbocycles.